The van der Waals surface area contributed by atoms with E-state index in [-0.39, 0.29) is 24.3 Å². The Balaban J connectivity index is 2.03. The Bertz CT molecular complexity index is 896. The van der Waals surface area contributed by atoms with Crippen LogP contribution in [0, 0.1) is 0 Å². The molecule has 148 valence electrons. The van der Waals surface area contributed by atoms with Crippen LogP contribution < -0.4 is 10.6 Å². The van der Waals surface area contributed by atoms with Gasteiger partial charge in [-0.05, 0) is 19.1 Å². The fourth-order valence-electron chi connectivity index (χ4n) is 2.57. The molecule has 0 bridgehead atoms. The van der Waals surface area contributed by atoms with Crippen LogP contribution in [0.25, 0.3) is 10.9 Å². The van der Waals surface area contributed by atoms with Crippen molar-refractivity contribution in [2.75, 3.05) is 7.11 Å². The quantitative estimate of drug-likeness (QED) is 0.664. The zero-order chi connectivity index (χ0) is 20.7. The van der Waals surface area contributed by atoms with Gasteiger partial charge in [-0.3, -0.25) is 19.2 Å². The summed E-state index contributed by atoms with van der Waals surface area (Å²) in [6.45, 7) is 3.12. The second kappa shape index (κ2) is 9.59. The van der Waals surface area contributed by atoms with Crippen LogP contribution in [0.5, 0.6) is 0 Å². The first kappa shape index (κ1) is 21.0. The van der Waals surface area contributed by atoms with E-state index in [1.54, 1.807) is 25.1 Å². The molecule has 28 heavy (non-hydrogen) atoms. The molecule has 1 aromatic heterocycles. The number of hydrogen-bond donors (Lipinski definition) is 2. The monoisotopic (exact) mass is 385 g/mol. The number of carbonyl (C=O) groups excluding carboxylic acids is 4. The highest BCUT2D eigenvalue weighted by molar-refractivity contribution is 5.99. The number of methoxy groups -OCH3 is 1. The fourth-order valence-corrected chi connectivity index (χ4v) is 2.57. The number of ether oxygens (including phenoxy) is 1. The van der Waals surface area contributed by atoms with E-state index in [9.17, 15) is 19.2 Å². The molecule has 0 aliphatic heterocycles. The van der Waals surface area contributed by atoms with Crippen LogP contribution in [0.2, 0.25) is 0 Å². The molecule has 0 aliphatic rings. The summed E-state index contributed by atoms with van der Waals surface area (Å²) in [6.07, 6.45) is -0.106. The summed E-state index contributed by atoms with van der Waals surface area (Å²) in [5.74, 6) is -2.00. The molecule has 2 N–H and O–H groups in total. The molecule has 0 saturated heterocycles. The number of fused-ring (bicyclic) bond motifs is 1. The smallest absolute Gasteiger partial charge is 0.308 e. The Hall–Kier alpha value is -3.29. The number of benzene rings is 1. The number of pyridine rings is 1. The fraction of sp³-hybridized carbons (Fsp3) is 0.350. The SMILES string of the molecule is CCC(=O)C(CC(=O)OC)NC(=O)C(C)NC(=O)c1ccc2ccccc2n1. The molecule has 2 rings (SSSR count). The average Bonchev–Trinajstić information content (AvgIpc) is 2.71. The van der Waals surface area contributed by atoms with Crippen LogP contribution in [-0.4, -0.2) is 47.7 Å². The molecule has 2 amide bonds. The molecule has 0 saturated carbocycles. The van der Waals surface area contributed by atoms with Crippen LogP contribution in [0.3, 0.4) is 0 Å². The highest BCUT2D eigenvalue weighted by atomic mass is 16.5. The zero-order valence-corrected chi connectivity index (χ0v) is 16.0. The summed E-state index contributed by atoms with van der Waals surface area (Å²) in [7, 11) is 1.21. The van der Waals surface area contributed by atoms with Crippen LogP contribution in [0.4, 0.5) is 0 Å². The Morgan fingerprint density at radius 3 is 2.46 bits per heavy atom. The van der Waals surface area contributed by atoms with Crippen molar-refractivity contribution in [2.45, 2.75) is 38.8 Å². The van der Waals surface area contributed by atoms with E-state index in [0.29, 0.717) is 5.52 Å². The maximum atomic E-state index is 12.4. The van der Waals surface area contributed by atoms with Gasteiger partial charge < -0.3 is 15.4 Å². The van der Waals surface area contributed by atoms with Crippen molar-refractivity contribution in [3.63, 3.8) is 0 Å². The number of esters is 1. The van der Waals surface area contributed by atoms with E-state index in [1.165, 1.54) is 14.0 Å². The standard InChI is InChI=1S/C20H23N3O5/c1-4-17(24)16(11-18(25)28-3)23-19(26)12(2)21-20(27)15-10-9-13-7-5-6-8-14(13)22-15/h5-10,12,16H,4,11H2,1-3H3,(H,21,27)(H,23,26). The average molecular weight is 385 g/mol. The minimum absolute atomic E-state index is 0.156. The summed E-state index contributed by atoms with van der Waals surface area (Å²) in [5.41, 5.74) is 0.841. The lowest BCUT2D eigenvalue weighted by Crippen LogP contribution is -2.51. The predicted octanol–water partition coefficient (Wildman–Crippen LogP) is 1.38. The highest BCUT2D eigenvalue weighted by Crippen LogP contribution is 2.11. The number of nitrogens with one attached hydrogen (secondary N) is 2. The Morgan fingerprint density at radius 1 is 1.07 bits per heavy atom. The second-order valence-corrected chi connectivity index (χ2v) is 6.25. The maximum absolute atomic E-state index is 12.4. The van der Waals surface area contributed by atoms with Crippen molar-refractivity contribution < 1.29 is 23.9 Å². The minimum Gasteiger partial charge on any atom is -0.469 e. The van der Waals surface area contributed by atoms with Gasteiger partial charge in [-0.15, -0.1) is 0 Å². The van der Waals surface area contributed by atoms with Gasteiger partial charge in [0, 0.05) is 11.8 Å². The van der Waals surface area contributed by atoms with Gasteiger partial charge >= 0.3 is 5.97 Å². The second-order valence-electron chi connectivity index (χ2n) is 6.25. The molecule has 8 heteroatoms. The number of Topliss-reactive ketones (excluding diaryl/α,β-unsaturated/α-hetero) is 1. The number of aromatic nitrogens is 1. The Kier molecular flexibility index (Phi) is 7.20. The third-order valence-corrected chi connectivity index (χ3v) is 4.22. The third kappa shape index (κ3) is 5.35. The highest BCUT2D eigenvalue weighted by Gasteiger charge is 2.26. The number of ketones is 1. The van der Waals surface area contributed by atoms with Crippen molar-refractivity contribution in [1.29, 1.82) is 0 Å². The maximum Gasteiger partial charge on any atom is 0.308 e. The molecule has 0 radical (unpaired) electrons. The molecular formula is C20H23N3O5. The van der Waals surface area contributed by atoms with Crippen LogP contribution in [-0.2, 0) is 19.1 Å². The molecule has 0 aliphatic carbocycles. The normalized spacial score (nSPS) is 12.7. The van der Waals surface area contributed by atoms with Crippen molar-refractivity contribution >= 4 is 34.5 Å². The molecule has 0 fully saturated rings. The summed E-state index contributed by atoms with van der Waals surface area (Å²) in [6, 6.07) is 8.78. The van der Waals surface area contributed by atoms with E-state index < -0.39 is 29.9 Å². The Labute approximate surface area is 162 Å². The van der Waals surface area contributed by atoms with Crippen LogP contribution >= 0.6 is 0 Å². The van der Waals surface area contributed by atoms with Crippen LogP contribution in [0.15, 0.2) is 36.4 Å². The molecule has 8 nitrogen and oxygen atoms in total. The number of nitrogens with zero attached hydrogens (tertiary/aromatic N) is 1. The van der Waals surface area contributed by atoms with E-state index in [1.807, 2.05) is 18.2 Å². The first-order valence-electron chi connectivity index (χ1n) is 8.92. The van der Waals surface area contributed by atoms with Crippen molar-refractivity contribution in [2.24, 2.45) is 0 Å². The van der Waals surface area contributed by atoms with Gasteiger partial charge in [-0.25, -0.2) is 4.98 Å². The van der Waals surface area contributed by atoms with Crippen molar-refractivity contribution in [3.8, 4) is 0 Å². The van der Waals surface area contributed by atoms with Gasteiger partial charge in [-0.2, -0.15) is 0 Å². The topological polar surface area (TPSA) is 114 Å². The minimum atomic E-state index is -0.997. The first-order chi connectivity index (χ1) is 13.3. The van der Waals surface area contributed by atoms with E-state index in [0.717, 1.165) is 5.39 Å². The summed E-state index contributed by atoms with van der Waals surface area (Å²) < 4.78 is 4.55. The van der Waals surface area contributed by atoms with Gasteiger partial charge in [-0.1, -0.05) is 31.2 Å². The lowest BCUT2D eigenvalue weighted by atomic mass is 10.1. The van der Waals surface area contributed by atoms with Gasteiger partial charge in [0.25, 0.3) is 5.91 Å². The number of carbonyl (C=O) groups is 4. The number of hydrogen-bond acceptors (Lipinski definition) is 6. The van der Waals surface area contributed by atoms with E-state index in [2.05, 4.69) is 20.4 Å². The molecule has 2 aromatic rings. The Morgan fingerprint density at radius 2 is 1.79 bits per heavy atom. The van der Waals surface area contributed by atoms with Crippen LogP contribution in [0.1, 0.15) is 37.2 Å². The van der Waals surface area contributed by atoms with Gasteiger partial charge in [0.1, 0.15) is 11.7 Å². The lowest BCUT2D eigenvalue weighted by Gasteiger charge is -2.19. The molecular weight excluding hydrogens is 362 g/mol. The van der Waals surface area contributed by atoms with Gasteiger partial charge in [0.05, 0.1) is 25.1 Å². The van der Waals surface area contributed by atoms with Crippen molar-refractivity contribution in [1.82, 2.24) is 15.6 Å². The first-order valence-corrected chi connectivity index (χ1v) is 8.92. The largest absolute Gasteiger partial charge is 0.469 e. The summed E-state index contributed by atoms with van der Waals surface area (Å²) >= 11 is 0. The molecule has 1 heterocycles. The number of para-hydroxylation sites is 1. The van der Waals surface area contributed by atoms with E-state index >= 15 is 0 Å². The number of rotatable bonds is 8. The lowest BCUT2D eigenvalue weighted by molar-refractivity contribution is -0.143. The van der Waals surface area contributed by atoms with Crippen molar-refractivity contribution in [3.05, 3.63) is 42.1 Å². The number of amides is 2. The molecule has 2 unspecified atom stereocenters. The van der Waals surface area contributed by atoms with E-state index in [4.69, 9.17) is 0 Å². The zero-order valence-electron chi connectivity index (χ0n) is 16.0. The predicted molar refractivity (Wildman–Crippen MR) is 103 cm³/mol. The summed E-state index contributed by atoms with van der Waals surface area (Å²) in [5, 5.41) is 5.94. The molecule has 1 aromatic carbocycles. The third-order valence-electron chi connectivity index (χ3n) is 4.22. The van der Waals surface area contributed by atoms with Gasteiger partial charge in [0.15, 0.2) is 5.78 Å². The molecule has 2 atom stereocenters. The summed E-state index contributed by atoms with van der Waals surface area (Å²) in [4.78, 5) is 52.5. The van der Waals surface area contributed by atoms with Gasteiger partial charge in [0.2, 0.25) is 5.91 Å². The molecule has 0 spiro atoms.